The van der Waals surface area contributed by atoms with Crippen LogP contribution in [0.2, 0.25) is 0 Å². The van der Waals surface area contributed by atoms with Crippen molar-refractivity contribution in [1.82, 2.24) is 21.3 Å². The summed E-state index contributed by atoms with van der Waals surface area (Å²) in [5.41, 5.74) is 0. The van der Waals surface area contributed by atoms with Crippen LogP contribution in [0.1, 0.15) is 40.0 Å². The average molecular weight is 1440 g/mol. The summed E-state index contributed by atoms with van der Waals surface area (Å²) >= 11 is 0. The molecule has 0 spiro atoms. The zero-order valence-electron chi connectivity index (χ0n) is 52.0. The molecule has 0 unspecified atom stereocenters. The van der Waals surface area contributed by atoms with Gasteiger partial charge in [-0.2, -0.15) is 0 Å². The third-order valence-electron chi connectivity index (χ3n) is 17.1. The Morgan fingerprint density at radius 1 is 0.459 bits per heavy atom. The maximum Gasteiger partial charge on any atom is 0.364 e. The molecule has 4 amide bonds. The molecule has 27 N–H and O–H groups in total. The van der Waals surface area contributed by atoms with Crippen LogP contribution in [0.4, 0.5) is 0 Å². The minimum atomic E-state index is -3.73. The molecule has 6 fully saturated rings. The summed E-state index contributed by atoms with van der Waals surface area (Å²) in [5.74, 6) is -21.5. The van der Waals surface area contributed by atoms with E-state index in [-0.39, 0.29) is 0 Å². The number of carbonyl (C=O) groups excluding carboxylic acids is 4. The van der Waals surface area contributed by atoms with E-state index in [0.29, 0.717) is 0 Å². The highest BCUT2D eigenvalue weighted by Crippen LogP contribution is 2.43. The number of aliphatic carboxylic acids is 3. The van der Waals surface area contributed by atoms with Crippen LogP contribution in [0.3, 0.4) is 0 Å². The number of hydrogen-bond acceptors (Lipinski definition) is 38. The van der Waals surface area contributed by atoms with Crippen molar-refractivity contribution < 1.29 is 203 Å². The van der Waals surface area contributed by atoms with Gasteiger partial charge in [-0.1, -0.05) is 0 Å². The minimum Gasteiger partial charge on any atom is -0.477 e. The molecule has 0 radical (unpaired) electrons. The van der Waals surface area contributed by atoms with E-state index >= 15 is 0 Å². The fourth-order valence-electron chi connectivity index (χ4n) is 12.1. The summed E-state index contributed by atoms with van der Waals surface area (Å²) < 4.78 is 63.4. The number of nitrogens with one attached hydrogen (secondary N) is 4. The molecule has 45 nitrogen and oxygen atoms in total. The molecule has 6 heterocycles. The number of carboxylic acids is 3. The molecule has 33 atom stereocenters. The molecule has 0 aromatic carbocycles. The van der Waals surface area contributed by atoms with Crippen LogP contribution in [-0.4, -0.2) is 406 Å². The lowest BCUT2D eigenvalue weighted by Crippen LogP contribution is -2.72. The van der Waals surface area contributed by atoms with E-state index in [2.05, 4.69) is 16.0 Å². The van der Waals surface area contributed by atoms with Gasteiger partial charge in [-0.3, -0.25) is 19.2 Å². The Kier molecular flexibility index (Phi) is 28.7. The SMILES string of the molecule is CC(=O)N[C@H]1[C@H](O[C@@H]2[C@H](O[C@]3(C(=O)O)C[C@H](O)[C@@H](NC(C)=O)[C@H]([C@H](O)[C@@H](CO)O[C@]4(C(=O)O)C[C@H](O)[C@@H](NC(=O)CO)[C@H]([C@H](O)[C@H](O)CO)O4)O3)[C@@H](O)[C@H](O[C@H]3[C@H](O)[C@@H](O)[C@H](O)O[C@@H]3CO)O[C@@H]2CO)O[C@H](CO[C@]2(C(=O)O)C[C@H](O)[C@@H](NC(C)=O)[C@H]([C@H](O)[C@H](O)CO)O2)[C@H](O)[C@@H]1O. The van der Waals surface area contributed by atoms with Crippen LogP contribution in [0.5, 0.6) is 0 Å². The second-order valence-corrected chi connectivity index (χ2v) is 24.0. The molecular formula is C53H86N4O41. The second-order valence-electron chi connectivity index (χ2n) is 24.0. The Morgan fingerprint density at radius 3 is 1.36 bits per heavy atom. The Morgan fingerprint density at radius 2 is 0.888 bits per heavy atom. The first-order valence-corrected chi connectivity index (χ1v) is 30.2. The monoisotopic (exact) mass is 1430 g/mol. The third-order valence-corrected chi connectivity index (χ3v) is 17.1. The number of rotatable bonds is 30. The van der Waals surface area contributed by atoms with Gasteiger partial charge < -0.3 is 191 Å². The third kappa shape index (κ3) is 17.9. The topological polar surface area (TPSA) is 734 Å². The van der Waals surface area contributed by atoms with Crippen molar-refractivity contribution in [2.45, 2.75) is 241 Å². The molecule has 98 heavy (non-hydrogen) atoms. The number of ether oxygens (including phenoxy) is 11. The summed E-state index contributed by atoms with van der Waals surface area (Å²) in [4.78, 5) is 90.6. The largest absolute Gasteiger partial charge is 0.477 e. The van der Waals surface area contributed by atoms with Crippen molar-refractivity contribution in [2.24, 2.45) is 0 Å². The van der Waals surface area contributed by atoms with Gasteiger partial charge in [0, 0.05) is 40.0 Å². The Hall–Kier alpha value is -4.95. The van der Waals surface area contributed by atoms with E-state index in [1.165, 1.54) is 0 Å². The van der Waals surface area contributed by atoms with Gasteiger partial charge in [0.15, 0.2) is 18.9 Å². The highest BCUT2D eigenvalue weighted by molar-refractivity contribution is 5.79. The predicted molar refractivity (Wildman–Crippen MR) is 299 cm³/mol. The summed E-state index contributed by atoms with van der Waals surface area (Å²) in [7, 11) is 0. The Labute approximate surface area is 552 Å². The fourth-order valence-corrected chi connectivity index (χ4v) is 12.1. The molecule has 564 valence electrons. The second kappa shape index (κ2) is 34.3. The molecule has 0 aliphatic carbocycles. The zero-order valence-corrected chi connectivity index (χ0v) is 52.0. The average Bonchev–Trinajstić information content (AvgIpc) is 0.754. The van der Waals surface area contributed by atoms with E-state index in [4.69, 9.17) is 52.1 Å². The molecule has 0 aromatic heterocycles. The van der Waals surface area contributed by atoms with E-state index in [9.17, 15) is 151 Å². The number of aliphatic hydroxyl groups is 20. The lowest BCUT2D eigenvalue weighted by Gasteiger charge is -2.52. The minimum absolute atomic E-state index is 0.816. The fraction of sp³-hybridized carbons (Fsp3) is 0.868. The van der Waals surface area contributed by atoms with Gasteiger partial charge in [0.05, 0.1) is 76.1 Å². The molecule has 0 bridgehead atoms. The van der Waals surface area contributed by atoms with Crippen molar-refractivity contribution in [3.05, 3.63) is 0 Å². The first-order chi connectivity index (χ1) is 45.9. The van der Waals surface area contributed by atoms with Gasteiger partial charge >= 0.3 is 17.9 Å². The molecule has 6 aliphatic rings. The molecule has 6 aliphatic heterocycles. The first kappa shape index (κ1) is 82.0. The van der Waals surface area contributed by atoms with Crippen LogP contribution in [0, 0.1) is 0 Å². The van der Waals surface area contributed by atoms with Gasteiger partial charge in [0.25, 0.3) is 17.4 Å². The zero-order chi connectivity index (χ0) is 73.5. The number of aliphatic hydroxyl groups excluding tert-OH is 20. The lowest BCUT2D eigenvalue weighted by molar-refractivity contribution is -0.402. The predicted octanol–water partition coefficient (Wildman–Crippen LogP) is -16.9. The molecule has 6 rings (SSSR count). The molecule has 6 saturated heterocycles. The van der Waals surface area contributed by atoms with Crippen molar-refractivity contribution >= 4 is 41.5 Å². The van der Waals surface area contributed by atoms with Gasteiger partial charge in [-0.05, 0) is 0 Å². The van der Waals surface area contributed by atoms with Gasteiger partial charge in [0.2, 0.25) is 23.6 Å². The van der Waals surface area contributed by atoms with E-state index < -0.39 is 308 Å². The van der Waals surface area contributed by atoms with Crippen molar-refractivity contribution in [3.8, 4) is 0 Å². The highest BCUT2D eigenvalue weighted by atomic mass is 16.8. The van der Waals surface area contributed by atoms with Crippen molar-refractivity contribution in [2.75, 3.05) is 46.2 Å². The quantitative estimate of drug-likeness (QED) is 0.0318. The molecule has 45 heteroatoms. The maximum atomic E-state index is 14.1. The number of amides is 4. The van der Waals surface area contributed by atoms with Crippen LogP contribution in [-0.2, 0) is 85.7 Å². The molecule has 0 saturated carbocycles. The van der Waals surface area contributed by atoms with Crippen LogP contribution >= 0.6 is 0 Å². The number of carboxylic acid groups (broad SMARTS) is 3. The number of carbonyl (C=O) groups is 7. The van der Waals surface area contributed by atoms with Crippen molar-refractivity contribution in [3.63, 3.8) is 0 Å². The summed E-state index contributed by atoms with van der Waals surface area (Å²) in [6.45, 7) is -6.68. The summed E-state index contributed by atoms with van der Waals surface area (Å²) in [6.07, 6.45) is -65.3. The highest BCUT2D eigenvalue weighted by Gasteiger charge is 2.64. The number of hydrogen-bond donors (Lipinski definition) is 27. The molecule has 0 aromatic rings. The summed E-state index contributed by atoms with van der Waals surface area (Å²) in [5, 5.41) is 259. The van der Waals surface area contributed by atoms with Gasteiger partial charge in [-0.15, -0.1) is 0 Å². The van der Waals surface area contributed by atoms with Crippen LogP contribution in [0.25, 0.3) is 0 Å². The van der Waals surface area contributed by atoms with Crippen LogP contribution < -0.4 is 21.3 Å². The van der Waals surface area contributed by atoms with E-state index in [1.54, 1.807) is 0 Å². The normalized spacial score (nSPS) is 41.8. The molecular weight excluding hydrogens is 1350 g/mol. The summed E-state index contributed by atoms with van der Waals surface area (Å²) in [6, 6.07) is -7.93. The van der Waals surface area contributed by atoms with E-state index in [0.717, 1.165) is 20.8 Å². The maximum absolute atomic E-state index is 14.1. The van der Waals surface area contributed by atoms with Gasteiger partial charge in [0.1, 0.15) is 135 Å². The van der Waals surface area contributed by atoms with Crippen molar-refractivity contribution in [1.29, 1.82) is 0 Å². The van der Waals surface area contributed by atoms with Gasteiger partial charge in [-0.25, -0.2) is 14.4 Å². The van der Waals surface area contributed by atoms with Crippen LogP contribution in [0.15, 0.2) is 0 Å². The standard InChI is InChI=1S/C53H86N4O41/c1-14(64)54-27-17(67)4-51(48(82)83,95-41(27)31(73)20(70)7-58)88-13-25-33(75)35(77)30(56-16(3)66)46(91-25)93-40-24(11-62)90-47(92-39-23(10-61)89-45(81)37(79)36(39)78)38(80)44(40)98-53(50(86)87)6-18(68)28(55-15(2)65)43(97-53)34(76)22(9-60)94-52(49(84)85)5-19(69)29(57-26(72)12-63)42(96-52)32(74)21(71)8-59/h17-25,27-47,58-63,67-71,73-81H,4-13H2,1-3H3,(H,54,64)(H,55,65)(H,56,66)(H,57,72)(H,82,83)(H,84,85)(H,86,87)/t17-,18-,19-,20+,21+,22+,23+,24+,25+,27+,28+,29+,30+,31+,32+,33-,34+,35+,36+,37+,38+,39+,40-,41+,42+,43+,44+,45+,46-,47-,51+,52+,53-/m0/s1. The first-order valence-electron chi connectivity index (χ1n) is 30.2. The Balaban J connectivity index is 1.45. The lowest BCUT2D eigenvalue weighted by atomic mass is 9.87. The van der Waals surface area contributed by atoms with E-state index in [1.807, 2.05) is 5.32 Å². The Bertz CT molecular complexity index is 2690. The smallest absolute Gasteiger partial charge is 0.364 e.